The van der Waals surface area contributed by atoms with E-state index < -0.39 is 0 Å². The highest BCUT2D eigenvalue weighted by molar-refractivity contribution is 7.07. The number of hydrogen-bond donors (Lipinski definition) is 1. The molecule has 0 saturated carbocycles. The van der Waals surface area contributed by atoms with Gasteiger partial charge in [0.05, 0.1) is 12.0 Å². The minimum absolute atomic E-state index is 0.459. The first-order valence-corrected chi connectivity index (χ1v) is 7.48. The quantitative estimate of drug-likeness (QED) is 0.777. The van der Waals surface area contributed by atoms with Crippen molar-refractivity contribution in [1.29, 1.82) is 0 Å². The van der Waals surface area contributed by atoms with Crippen molar-refractivity contribution in [1.82, 2.24) is 14.9 Å². The molecule has 2 heterocycles. The third kappa shape index (κ3) is 3.43. The van der Waals surface area contributed by atoms with Crippen LogP contribution in [0.1, 0.15) is 37.6 Å². The van der Waals surface area contributed by atoms with E-state index in [1.165, 1.54) is 17.7 Å². The predicted molar refractivity (Wildman–Crippen MR) is 77.0 cm³/mol. The van der Waals surface area contributed by atoms with Gasteiger partial charge in [0, 0.05) is 18.8 Å². The van der Waals surface area contributed by atoms with Crippen molar-refractivity contribution in [2.45, 2.75) is 39.3 Å². The van der Waals surface area contributed by atoms with E-state index in [0.717, 1.165) is 19.5 Å². The van der Waals surface area contributed by atoms with Crippen LogP contribution in [-0.2, 0) is 13.0 Å². The fourth-order valence-electron chi connectivity index (χ4n) is 2.11. The normalized spacial score (nSPS) is 12.8. The molecule has 0 spiro atoms. The molecule has 2 rings (SSSR count). The molecule has 2 aromatic rings. The maximum Gasteiger partial charge on any atom is 0.0951 e. The van der Waals surface area contributed by atoms with Crippen molar-refractivity contribution in [2.75, 3.05) is 6.54 Å². The van der Waals surface area contributed by atoms with Gasteiger partial charge in [-0.1, -0.05) is 6.92 Å². The molecule has 98 valence electrons. The second kappa shape index (κ2) is 6.71. The summed E-state index contributed by atoms with van der Waals surface area (Å²) in [5.74, 6) is 0. The Balaban J connectivity index is 1.97. The molecule has 1 unspecified atom stereocenters. The Morgan fingerprint density at radius 1 is 1.50 bits per heavy atom. The van der Waals surface area contributed by atoms with Crippen LogP contribution in [0.5, 0.6) is 0 Å². The van der Waals surface area contributed by atoms with Gasteiger partial charge in [-0.25, -0.2) is 4.98 Å². The van der Waals surface area contributed by atoms with E-state index in [0.29, 0.717) is 6.04 Å². The van der Waals surface area contributed by atoms with Crippen molar-refractivity contribution in [3.05, 3.63) is 40.6 Å². The van der Waals surface area contributed by atoms with Gasteiger partial charge in [-0.3, -0.25) is 0 Å². The Bertz CT molecular complexity index is 447. The summed E-state index contributed by atoms with van der Waals surface area (Å²) in [6.45, 7) is 6.40. The lowest BCUT2D eigenvalue weighted by atomic mass is 10.1. The highest BCUT2D eigenvalue weighted by atomic mass is 32.1. The Hall–Kier alpha value is -1.13. The van der Waals surface area contributed by atoms with E-state index in [4.69, 9.17) is 0 Å². The summed E-state index contributed by atoms with van der Waals surface area (Å²) in [4.78, 5) is 4.28. The van der Waals surface area contributed by atoms with Gasteiger partial charge in [0.1, 0.15) is 0 Å². The zero-order chi connectivity index (χ0) is 12.8. The Labute approximate surface area is 113 Å². The summed E-state index contributed by atoms with van der Waals surface area (Å²) in [6, 6.07) is 2.66. The highest BCUT2D eigenvalue weighted by Crippen LogP contribution is 2.17. The zero-order valence-electron chi connectivity index (χ0n) is 11.1. The molecule has 0 aliphatic rings. The largest absolute Gasteiger partial charge is 0.330 e. The van der Waals surface area contributed by atoms with Crippen LogP contribution in [-0.4, -0.2) is 16.1 Å². The zero-order valence-corrected chi connectivity index (χ0v) is 11.9. The van der Waals surface area contributed by atoms with Crippen LogP contribution in [0, 0.1) is 0 Å². The molecule has 1 atom stereocenters. The Morgan fingerprint density at radius 3 is 3.11 bits per heavy atom. The van der Waals surface area contributed by atoms with Gasteiger partial charge in [-0.15, -0.1) is 0 Å². The van der Waals surface area contributed by atoms with Crippen LogP contribution in [0.2, 0.25) is 0 Å². The lowest BCUT2D eigenvalue weighted by Crippen LogP contribution is -2.18. The standard InChI is InChI=1S/C14H21N3S/c1-3-5-15-8-14-9-16-11-17(14)12(2)7-13-4-6-18-10-13/h4,6,9-12,15H,3,5,7-8H2,1-2H3. The average molecular weight is 263 g/mol. The molecule has 18 heavy (non-hydrogen) atoms. The van der Waals surface area contributed by atoms with Crippen molar-refractivity contribution in [3.63, 3.8) is 0 Å². The van der Waals surface area contributed by atoms with Crippen LogP contribution in [0.15, 0.2) is 29.4 Å². The number of rotatable bonds is 7. The first-order chi connectivity index (χ1) is 8.81. The summed E-state index contributed by atoms with van der Waals surface area (Å²) >= 11 is 1.76. The number of thiophene rings is 1. The van der Waals surface area contributed by atoms with E-state index in [9.17, 15) is 0 Å². The van der Waals surface area contributed by atoms with Crippen LogP contribution in [0.25, 0.3) is 0 Å². The molecule has 0 bridgehead atoms. The summed E-state index contributed by atoms with van der Waals surface area (Å²) < 4.78 is 2.28. The molecule has 4 heteroatoms. The van der Waals surface area contributed by atoms with Crippen molar-refractivity contribution in [3.8, 4) is 0 Å². The lowest BCUT2D eigenvalue weighted by Gasteiger charge is -2.16. The topological polar surface area (TPSA) is 29.9 Å². The maximum absolute atomic E-state index is 4.28. The van der Waals surface area contributed by atoms with E-state index in [-0.39, 0.29) is 0 Å². The SMILES string of the molecule is CCCNCc1cncn1C(C)Cc1ccsc1. The average Bonchev–Trinajstić information content (AvgIpc) is 3.00. The monoisotopic (exact) mass is 263 g/mol. The number of hydrogen-bond acceptors (Lipinski definition) is 3. The van der Waals surface area contributed by atoms with Crippen molar-refractivity contribution in [2.24, 2.45) is 0 Å². The number of imidazole rings is 1. The second-order valence-corrected chi connectivity index (χ2v) is 5.43. The van der Waals surface area contributed by atoms with E-state index in [1.54, 1.807) is 11.3 Å². The summed E-state index contributed by atoms with van der Waals surface area (Å²) in [7, 11) is 0. The van der Waals surface area contributed by atoms with Gasteiger partial charge in [0.25, 0.3) is 0 Å². The van der Waals surface area contributed by atoms with Gasteiger partial charge in [0.2, 0.25) is 0 Å². The molecular weight excluding hydrogens is 242 g/mol. The van der Waals surface area contributed by atoms with Crippen LogP contribution < -0.4 is 5.32 Å². The summed E-state index contributed by atoms with van der Waals surface area (Å²) in [5.41, 5.74) is 2.68. The van der Waals surface area contributed by atoms with E-state index in [1.807, 2.05) is 12.5 Å². The Morgan fingerprint density at radius 2 is 2.39 bits per heavy atom. The molecule has 0 aromatic carbocycles. The molecule has 0 aliphatic carbocycles. The molecule has 2 aromatic heterocycles. The third-order valence-electron chi connectivity index (χ3n) is 3.07. The molecule has 0 fully saturated rings. The lowest BCUT2D eigenvalue weighted by molar-refractivity contribution is 0.511. The molecule has 0 radical (unpaired) electrons. The van der Waals surface area contributed by atoms with E-state index >= 15 is 0 Å². The summed E-state index contributed by atoms with van der Waals surface area (Å²) in [6.07, 6.45) is 6.14. The van der Waals surface area contributed by atoms with Gasteiger partial charge >= 0.3 is 0 Å². The molecule has 1 N–H and O–H groups in total. The third-order valence-corrected chi connectivity index (χ3v) is 3.80. The van der Waals surface area contributed by atoms with E-state index in [2.05, 4.69) is 45.5 Å². The fourth-order valence-corrected chi connectivity index (χ4v) is 2.79. The molecule has 0 aliphatic heterocycles. The minimum Gasteiger partial charge on any atom is -0.330 e. The van der Waals surface area contributed by atoms with Gasteiger partial charge in [-0.2, -0.15) is 11.3 Å². The molecule has 3 nitrogen and oxygen atoms in total. The smallest absolute Gasteiger partial charge is 0.0951 e. The highest BCUT2D eigenvalue weighted by Gasteiger charge is 2.10. The van der Waals surface area contributed by atoms with Crippen molar-refractivity contribution < 1.29 is 0 Å². The first kappa shape index (κ1) is 13.3. The second-order valence-electron chi connectivity index (χ2n) is 4.65. The summed E-state index contributed by atoms with van der Waals surface area (Å²) in [5, 5.41) is 7.80. The molecular formula is C14H21N3S. The van der Waals surface area contributed by atoms with Crippen molar-refractivity contribution >= 4 is 11.3 Å². The Kier molecular flexibility index (Phi) is 4.96. The predicted octanol–water partition coefficient (Wildman–Crippen LogP) is 3.25. The number of nitrogens with zero attached hydrogens (tertiary/aromatic N) is 2. The minimum atomic E-state index is 0.459. The molecule has 0 amide bonds. The van der Waals surface area contributed by atoms with Crippen LogP contribution in [0.3, 0.4) is 0 Å². The first-order valence-electron chi connectivity index (χ1n) is 6.53. The number of aromatic nitrogens is 2. The van der Waals surface area contributed by atoms with Gasteiger partial charge in [0.15, 0.2) is 0 Å². The van der Waals surface area contributed by atoms with Gasteiger partial charge < -0.3 is 9.88 Å². The molecule has 0 saturated heterocycles. The fraction of sp³-hybridized carbons (Fsp3) is 0.500. The van der Waals surface area contributed by atoms with Crippen LogP contribution in [0.4, 0.5) is 0 Å². The maximum atomic E-state index is 4.28. The van der Waals surface area contributed by atoms with Gasteiger partial charge in [-0.05, 0) is 48.7 Å². The van der Waals surface area contributed by atoms with Crippen LogP contribution >= 0.6 is 11.3 Å². The number of nitrogens with one attached hydrogen (secondary N) is 1.